The molecule has 0 heterocycles. The summed E-state index contributed by atoms with van der Waals surface area (Å²) < 4.78 is 10.5. The van der Waals surface area contributed by atoms with Crippen molar-refractivity contribution in [3.8, 4) is 0 Å². The van der Waals surface area contributed by atoms with Crippen LogP contribution in [0.4, 0.5) is 0 Å². The molecule has 5 nitrogen and oxygen atoms in total. The van der Waals surface area contributed by atoms with E-state index in [2.05, 4.69) is 26.0 Å². The second-order valence-electron chi connectivity index (χ2n) is 6.51. The van der Waals surface area contributed by atoms with E-state index in [0.29, 0.717) is 25.4 Å². The van der Waals surface area contributed by atoms with Crippen LogP contribution < -0.4 is 5.73 Å². The van der Waals surface area contributed by atoms with E-state index in [0.717, 1.165) is 12.8 Å². The van der Waals surface area contributed by atoms with Gasteiger partial charge in [0, 0.05) is 20.8 Å². The first-order valence-corrected chi connectivity index (χ1v) is 8.61. The van der Waals surface area contributed by atoms with E-state index in [4.69, 9.17) is 15.2 Å². The summed E-state index contributed by atoms with van der Waals surface area (Å²) >= 11 is 0. The lowest BCUT2D eigenvalue weighted by Crippen LogP contribution is -2.48. The third-order valence-corrected chi connectivity index (χ3v) is 3.99. The largest absolute Gasteiger partial charge is 0.354 e. The Bertz CT molecular complexity index is 461. The summed E-state index contributed by atoms with van der Waals surface area (Å²) in [7, 11) is 3.16. The van der Waals surface area contributed by atoms with Gasteiger partial charge in [0.2, 0.25) is 5.91 Å². The number of amides is 1. The number of hydrogen-bond acceptors (Lipinski definition) is 4. The van der Waals surface area contributed by atoms with Crippen molar-refractivity contribution >= 4 is 5.91 Å². The molecule has 1 amide bonds. The van der Waals surface area contributed by atoms with E-state index in [1.165, 1.54) is 5.56 Å². The Morgan fingerprint density at radius 3 is 2.33 bits per heavy atom. The minimum atomic E-state index is -0.476. The van der Waals surface area contributed by atoms with Gasteiger partial charge in [-0.25, -0.2) is 0 Å². The fourth-order valence-electron chi connectivity index (χ4n) is 2.68. The normalized spacial score (nSPS) is 12.6. The Morgan fingerprint density at radius 1 is 1.17 bits per heavy atom. The van der Waals surface area contributed by atoms with E-state index in [9.17, 15) is 4.79 Å². The second kappa shape index (κ2) is 11.2. The topological polar surface area (TPSA) is 64.8 Å². The van der Waals surface area contributed by atoms with Gasteiger partial charge in [0.05, 0.1) is 12.6 Å². The molecule has 0 fully saturated rings. The molecule has 1 aromatic rings. The first-order chi connectivity index (χ1) is 11.5. The van der Waals surface area contributed by atoms with Crippen molar-refractivity contribution in [2.45, 2.75) is 45.4 Å². The molecule has 5 heteroatoms. The molecule has 136 valence electrons. The lowest BCUT2D eigenvalue weighted by Gasteiger charge is -2.29. The SMILES string of the molecule is COC(CN(CCCc1ccccc1)C(=O)[C@@H](N)CC(C)C)OC. The zero-order valence-corrected chi connectivity index (χ0v) is 15.4. The summed E-state index contributed by atoms with van der Waals surface area (Å²) in [6.07, 6.45) is 2.05. The Labute approximate surface area is 146 Å². The Kier molecular flexibility index (Phi) is 9.60. The predicted molar refractivity (Wildman–Crippen MR) is 96.6 cm³/mol. The van der Waals surface area contributed by atoms with Gasteiger partial charge in [-0.3, -0.25) is 4.79 Å². The summed E-state index contributed by atoms with van der Waals surface area (Å²) in [6, 6.07) is 9.79. The zero-order chi connectivity index (χ0) is 17.9. The van der Waals surface area contributed by atoms with Gasteiger partial charge in [0.25, 0.3) is 0 Å². The van der Waals surface area contributed by atoms with Gasteiger partial charge in [-0.2, -0.15) is 0 Å². The van der Waals surface area contributed by atoms with Gasteiger partial charge in [-0.05, 0) is 30.7 Å². The minimum absolute atomic E-state index is 0.0316. The van der Waals surface area contributed by atoms with Crippen molar-refractivity contribution in [2.75, 3.05) is 27.3 Å². The first kappa shape index (κ1) is 20.6. The third-order valence-electron chi connectivity index (χ3n) is 3.99. The molecule has 1 aromatic carbocycles. The summed E-state index contributed by atoms with van der Waals surface area (Å²) in [4.78, 5) is 14.4. The third kappa shape index (κ3) is 7.43. The van der Waals surface area contributed by atoms with Crippen LogP contribution in [0.1, 0.15) is 32.3 Å². The number of methoxy groups -OCH3 is 2. The molecule has 0 aliphatic rings. The highest BCUT2D eigenvalue weighted by molar-refractivity contribution is 5.81. The maximum atomic E-state index is 12.7. The maximum Gasteiger partial charge on any atom is 0.239 e. The van der Waals surface area contributed by atoms with Crippen molar-refractivity contribution in [1.29, 1.82) is 0 Å². The number of rotatable bonds is 11. The van der Waals surface area contributed by atoms with Crippen molar-refractivity contribution in [3.63, 3.8) is 0 Å². The van der Waals surface area contributed by atoms with Crippen molar-refractivity contribution in [3.05, 3.63) is 35.9 Å². The highest BCUT2D eigenvalue weighted by atomic mass is 16.7. The summed E-state index contributed by atoms with van der Waals surface area (Å²) in [5, 5.41) is 0. The van der Waals surface area contributed by atoms with Gasteiger partial charge in [-0.15, -0.1) is 0 Å². The molecule has 0 unspecified atom stereocenters. The quantitative estimate of drug-likeness (QED) is 0.630. The summed E-state index contributed by atoms with van der Waals surface area (Å²) in [5.41, 5.74) is 7.36. The van der Waals surface area contributed by atoms with E-state index in [1.54, 1.807) is 19.1 Å². The number of nitrogens with two attached hydrogens (primary N) is 1. The van der Waals surface area contributed by atoms with E-state index in [-0.39, 0.29) is 5.91 Å². The van der Waals surface area contributed by atoms with Crippen LogP contribution in [-0.4, -0.2) is 50.4 Å². The van der Waals surface area contributed by atoms with Crippen LogP contribution in [0.3, 0.4) is 0 Å². The minimum Gasteiger partial charge on any atom is -0.354 e. The van der Waals surface area contributed by atoms with Crippen LogP contribution in [0, 0.1) is 5.92 Å². The average Bonchev–Trinajstić information content (AvgIpc) is 2.57. The molecule has 1 atom stereocenters. The van der Waals surface area contributed by atoms with Gasteiger partial charge in [0.15, 0.2) is 6.29 Å². The number of nitrogens with zero attached hydrogens (tertiary/aromatic N) is 1. The van der Waals surface area contributed by atoms with Crippen molar-refractivity contribution in [2.24, 2.45) is 11.7 Å². The number of carbonyl (C=O) groups excluding carboxylic acids is 1. The molecular weight excluding hydrogens is 304 g/mol. The van der Waals surface area contributed by atoms with E-state index in [1.807, 2.05) is 18.2 Å². The van der Waals surface area contributed by atoms with Crippen LogP contribution in [0.25, 0.3) is 0 Å². The van der Waals surface area contributed by atoms with E-state index >= 15 is 0 Å². The Morgan fingerprint density at radius 2 is 1.79 bits per heavy atom. The molecule has 0 saturated carbocycles. The number of benzene rings is 1. The van der Waals surface area contributed by atoms with Crippen LogP contribution in [0.2, 0.25) is 0 Å². The number of carbonyl (C=O) groups is 1. The molecule has 0 aliphatic carbocycles. The summed E-state index contributed by atoms with van der Waals surface area (Å²) in [6.45, 7) is 5.18. The number of aryl methyl sites for hydroxylation is 1. The van der Waals surface area contributed by atoms with Crippen molar-refractivity contribution in [1.82, 2.24) is 4.90 Å². The number of ether oxygens (including phenoxy) is 2. The molecule has 0 bridgehead atoms. The lowest BCUT2D eigenvalue weighted by molar-refractivity contribution is -0.147. The Hall–Kier alpha value is -1.43. The monoisotopic (exact) mass is 336 g/mol. The van der Waals surface area contributed by atoms with Gasteiger partial charge in [0.1, 0.15) is 0 Å². The van der Waals surface area contributed by atoms with Crippen LogP contribution >= 0.6 is 0 Å². The maximum absolute atomic E-state index is 12.7. The fourth-order valence-corrected chi connectivity index (χ4v) is 2.68. The Balaban J connectivity index is 2.64. The van der Waals surface area contributed by atoms with Crippen molar-refractivity contribution < 1.29 is 14.3 Å². The van der Waals surface area contributed by atoms with Crippen LogP contribution in [-0.2, 0) is 20.7 Å². The molecule has 0 radical (unpaired) electrons. The van der Waals surface area contributed by atoms with Gasteiger partial charge < -0.3 is 20.1 Å². The fraction of sp³-hybridized carbons (Fsp3) is 0.632. The standard InChI is InChI=1S/C19H32N2O3/c1-15(2)13-17(20)19(22)21(14-18(23-3)24-4)12-8-11-16-9-6-5-7-10-16/h5-7,9-10,15,17-18H,8,11-14,20H2,1-4H3/t17-/m0/s1. The number of hydrogen-bond donors (Lipinski definition) is 1. The molecular formula is C19H32N2O3. The smallest absolute Gasteiger partial charge is 0.239 e. The molecule has 0 aromatic heterocycles. The zero-order valence-electron chi connectivity index (χ0n) is 15.4. The molecule has 0 saturated heterocycles. The molecule has 0 spiro atoms. The highest BCUT2D eigenvalue weighted by Gasteiger charge is 2.24. The molecule has 24 heavy (non-hydrogen) atoms. The van der Waals surface area contributed by atoms with Gasteiger partial charge >= 0.3 is 0 Å². The first-order valence-electron chi connectivity index (χ1n) is 8.61. The predicted octanol–water partition coefficient (Wildman–Crippen LogP) is 2.44. The molecule has 2 N–H and O–H groups in total. The highest BCUT2D eigenvalue weighted by Crippen LogP contribution is 2.10. The van der Waals surface area contributed by atoms with Crippen LogP contribution in [0.5, 0.6) is 0 Å². The van der Waals surface area contributed by atoms with Gasteiger partial charge in [-0.1, -0.05) is 44.2 Å². The average molecular weight is 336 g/mol. The lowest BCUT2D eigenvalue weighted by atomic mass is 10.0. The van der Waals surface area contributed by atoms with E-state index < -0.39 is 12.3 Å². The van der Waals surface area contributed by atoms with Crippen LogP contribution in [0.15, 0.2) is 30.3 Å². The summed E-state index contributed by atoms with van der Waals surface area (Å²) in [5.74, 6) is 0.353. The second-order valence-corrected chi connectivity index (χ2v) is 6.51. The molecule has 1 rings (SSSR count). The molecule has 0 aliphatic heterocycles.